The van der Waals surface area contributed by atoms with E-state index in [2.05, 4.69) is 0 Å². The highest BCUT2D eigenvalue weighted by atomic mass is 19.1. The monoisotopic (exact) mass is 271 g/mol. The van der Waals surface area contributed by atoms with Crippen molar-refractivity contribution in [2.45, 2.75) is 31.5 Å². The Labute approximate surface area is 111 Å². The minimum atomic E-state index is -0.893. The number of β-amino-alcohol motifs (C(OH)–C–C–N with tert-alkyl or cyclic N) is 1. The molecule has 0 spiro atoms. The van der Waals surface area contributed by atoms with Crippen molar-refractivity contribution < 1.29 is 19.0 Å². The van der Waals surface area contributed by atoms with Crippen molar-refractivity contribution in [1.82, 2.24) is 4.90 Å². The van der Waals surface area contributed by atoms with Crippen LogP contribution in [0.4, 0.5) is 8.78 Å². The number of rotatable bonds is 4. The van der Waals surface area contributed by atoms with E-state index in [0.717, 1.165) is 24.7 Å². The zero-order chi connectivity index (χ0) is 14.0. The molecule has 2 rings (SSSR count). The van der Waals surface area contributed by atoms with E-state index >= 15 is 0 Å². The fraction of sp³-hybridized carbons (Fsp3) is 0.571. The van der Waals surface area contributed by atoms with Crippen molar-refractivity contribution in [3.63, 3.8) is 0 Å². The van der Waals surface area contributed by atoms with Crippen LogP contribution < -0.4 is 0 Å². The third kappa shape index (κ3) is 3.96. The van der Waals surface area contributed by atoms with Gasteiger partial charge in [0.2, 0.25) is 0 Å². The Morgan fingerprint density at radius 3 is 2.47 bits per heavy atom. The molecule has 0 saturated carbocycles. The highest BCUT2D eigenvalue weighted by molar-refractivity contribution is 5.20. The van der Waals surface area contributed by atoms with Crippen LogP contribution in [0.2, 0.25) is 0 Å². The summed E-state index contributed by atoms with van der Waals surface area (Å²) in [4.78, 5) is 2.04. The van der Waals surface area contributed by atoms with Crippen LogP contribution in [-0.4, -0.2) is 40.3 Å². The van der Waals surface area contributed by atoms with Gasteiger partial charge >= 0.3 is 0 Å². The number of aliphatic hydroxyl groups excluding tert-OH is 1. The molecule has 2 atom stereocenters. The number of halogens is 2. The molecule has 1 fully saturated rings. The van der Waals surface area contributed by atoms with Crippen molar-refractivity contribution in [2.24, 2.45) is 0 Å². The number of hydrogen-bond acceptors (Lipinski definition) is 3. The first-order valence-electron chi connectivity index (χ1n) is 6.44. The number of aliphatic hydroxyl groups is 2. The second-order valence-corrected chi connectivity index (χ2v) is 5.53. The summed E-state index contributed by atoms with van der Waals surface area (Å²) in [6.07, 6.45) is 0.201. The molecule has 0 bridgehead atoms. The molecule has 0 aromatic heterocycles. The summed E-state index contributed by atoms with van der Waals surface area (Å²) in [7, 11) is 0. The minimum Gasteiger partial charge on any atom is -0.389 e. The molecular weight excluding hydrogens is 252 g/mol. The number of hydrogen-bond donors (Lipinski definition) is 2. The van der Waals surface area contributed by atoms with Gasteiger partial charge in [0.15, 0.2) is 0 Å². The lowest BCUT2D eigenvalue weighted by Gasteiger charge is -2.20. The van der Waals surface area contributed by atoms with Crippen molar-refractivity contribution in [3.05, 3.63) is 35.4 Å². The number of likely N-dealkylation sites (tertiary alicyclic amines) is 1. The smallest absolute Gasteiger partial charge is 0.126 e. The molecule has 0 amide bonds. The first kappa shape index (κ1) is 14.4. The average molecular weight is 271 g/mol. The van der Waals surface area contributed by atoms with E-state index in [1.165, 1.54) is 0 Å². The lowest BCUT2D eigenvalue weighted by atomic mass is 10.1. The van der Waals surface area contributed by atoms with Crippen LogP contribution in [-0.2, 0) is 0 Å². The summed E-state index contributed by atoms with van der Waals surface area (Å²) in [6, 6.07) is 3.08. The lowest BCUT2D eigenvalue weighted by molar-refractivity contribution is 0.0655. The lowest BCUT2D eigenvalue weighted by Crippen LogP contribution is -2.30. The molecule has 3 nitrogen and oxygen atoms in total. The Kier molecular flexibility index (Phi) is 4.18. The van der Waals surface area contributed by atoms with E-state index in [1.807, 2.05) is 4.90 Å². The van der Waals surface area contributed by atoms with Crippen LogP contribution in [0, 0.1) is 11.6 Å². The zero-order valence-electron chi connectivity index (χ0n) is 10.9. The van der Waals surface area contributed by atoms with Crippen molar-refractivity contribution in [2.75, 3.05) is 19.6 Å². The predicted octanol–water partition coefficient (Wildman–Crippen LogP) is 1.84. The Balaban J connectivity index is 1.89. The summed E-state index contributed by atoms with van der Waals surface area (Å²) in [5.74, 6) is -1.36. The number of benzene rings is 1. The third-order valence-corrected chi connectivity index (χ3v) is 3.52. The Hall–Kier alpha value is -1.04. The summed E-state index contributed by atoms with van der Waals surface area (Å²) in [6.45, 7) is 3.72. The SMILES string of the molecule is CC1(O)CCN(CCC(O)c2cc(F)cc(F)c2)C1. The van der Waals surface area contributed by atoms with Crippen LogP contribution >= 0.6 is 0 Å². The second kappa shape index (κ2) is 5.53. The predicted molar refractivity (Wildman–Crippen MR) is 67.6 cm³/mol. The van der Waals surface area contributed by atoms with E-state index in [9.17, 15) is 19.0 Å². The van der Waals surface area contributed by atoms with Crippen LogP contribution in [0.3, 0.4) is 0 Å². The highest BCUT2D eigenvalue weighted by Crippen LogP contribution is 2.23. The number of nitrogens with zero attached hydrogens (tertiary/aromatic N) is 1. The molecule has 1 aliphatic heterocycles. The fourth-order valence-electron chi connectivity index (χ4n) is 2.47. The van der Waals surface area contributed by atoms with E-state index in [-0.39, 0.29) is 5.56 Å². The van der Waals surface area contributed by atoms with E-state index in [4.69, 9.17) is 0 Å². The van der Waals surface area contributed by atoms with Gasteiger partial charge in [-0.25, -0.2) is 8.78 Å². The van der Waals surface area contributed by atoms with Gasteiger partial charge in [0.05, 0.1) is 11.7 Å². The van der Waals surface area contributed by atoms with Gasteiger partial charge in [-0.05, 0) is 37.5 Å². The van der Waals surface area contributed by atoms with Crippen LogP contribution in [0.1, 0.15) is 31.4 Å². The molecule has 1 aromatic rings. The van der Waals surface area contributed by atoms with Gasteiger partial charge in [0, 0.05) is 25.7 Å². The normalized spacial score (nSPS) is 25.7. The maximum Gasteiger partial charge on any atom is 0.126 e. The molecular formula is C14H19F2NO2. The average Bonchev–Trinajstić information content (AvgIpc) is 2.64. The molecule has 0 radical (unpaired) electrons. The molecule has 1 aromatic carbocycles. The summed E-state index contributed by atoms with van der Waals surface area (Å²) < 4.78 is 26.1. The molecule has 2 N–H and O–H groups in total. The van der Waals surface area contributed by atoms with Crippen LogP contribution in [0.5, 0.6) is 0 Å². The fourth-order valence-corrected chi connectivity index (χ4v) is 2.47. The maximum atomic E-state index is 13.0. The van der Waals surface area contributed by atoms with E-state index in [0.29, 0.717) is 25.9 Å². The molecule has 2 unspecified atom stereocenters. The van der Waals surface area contributed by atoms with Crippen molar-refractivity contribution in [3.8, 4) is 0 Å². The standard InChI is InChI=1S/C14H19F2NO2/c1-14(19)3-5-17(9-14)4-2-13(18)10-6-11(15)8-12(16)7-10/h6-8,13,18-19H,2-5,9H2,1H3. The zero-order valence-corrected chi connectivity index (χ0v) is 10.9. The Bertz CT molecular complexity index is 431. The topological polar surface area (TPSA) is 43.7 Å². The van der Waals surface area contributed by atoms with E-state index < -0.39 is 23.3 Å². The van der Waals surface area contributed by atoms with Crippen LogP contribution in [0.25, 0.3) is 0 Å². The van der Waals surface area contributed by atoms with Gasteiger partial charge in [-0.2, -0.15) is 0 Å². The molecule has 5 heteroatoms. The maximum absolute atomic E-state index is 13.0. The van der Waals surface area contributed by atoms with Crippen molar-refractivity contribution in [1.29, 1.82) is 0 Å². The minimum absolute atomic E-state index is 0.253. The molecule has 0 aliphatic carbocycles. The Morgan fingerprint density at radius 1 is 1.32 bits per heavy atom. The van der Waals surface area contributed by atoms with Gasteiger partial charge < -0.3 is 15.1 Å². The largest absolute Gasteiger partial charge is 0.389 e. The van der Waals surface area contributed by atoms with Crippen molar-refractivity contribution >= 4 is 0 Å². The molecule has 1 aliphatic rings. The molecule has 1 heterocycles. The van der Waals surface area contributed by atoms with Gasteiger partial charge in [0.1, 0.15) is 11.6 Å². The summed E-state index contributed by atoms with van der Waals surface area (Å²) in [5.41, 5.74) is -0.418. The summed E-state index contributed by atoms with van der Waals surface area (Å²) >= 11 is 0. The first-order valence-corrected chi connectivity index (χ1v) is 6.44. The van der Waals surface area contributed by atoms with Gasteiger partial charge in [0.25, 0.3) is 0 Å². The summed E-state index contributed by atoms with van der Waals surface area (Å²) in [5, 5.41) is 19.8. The van der Waals surface area contributed by atoms with Gasteiger partial charge in [-0.3, -0.25) is 0 Å². The quantitative estimate of drug-likeness (QED) is 0.878. The molecule has 1 saturated heterocycles. The van der Waals surface area contributed by atoms with Crippen LogP contribution in [0.15, 0.2) is 18.2 Å². The van der Waals surface area contributed by atoms with Gasteiger partial charge in [-0.1, -0.05) is 0 Å². The van der Waals surface area contributed by atoms with E-state index in [1.54, 1.807) is 6.92 Å². The van der Waals surface area contributed by atoms with Gasteiger partial charge in [-0.15, -0.1) is 0 Å². The third-order valence-electron chi connectivity index (χ3n) is 3.52. The molecule has 19 heavy (non-hydrogen) atoms. The first-order chi connectivity index (χ1) is 8.85. The molecule has 106 valence electrons. The Morgan fingerprint density at radius 2 is 1.95 bits per heavy atom. The second-order valence-electron chi connectivity index (χ2n) is 5.53. The highest BCUT2D eigenvalue weighted by Gasteiger charge is 2.31.